The van der Waals surface area contributed by atoms with Crippen LogP contribution in [0.5, 0.6) is 0 Å². The van der Waals surface area contributed by atoms with E-state index in [4.69, 9.17) is 21.1 Å². The second kappa shape index (κ2) is 8.32. The Morgan fingerprint density at radius 1 is 1.06 bits per heavy atom. The van der Waals surface area contributed by atoms with Gasteiger partial charge in [0.1, 0.15) is 0 Å². The van der Waals surface area contributed by atoms with E-state index < -0.39 is 0 Å². The Morgan fingerprint density at radius 2 is 1.81 bits per heavy atom. The molecule has 16 heavy (non-hydrogen) atoms. The van der Waals surface area contributed by atoms with Crippen molar-refractivity contribution in [2.24, 2.45) is 5.41 Å². The van der Waals surface area contributed by atoms with Crippen LogP contribution >= 0.6 is 11.6 Å². The minimum absolute atomic E-state index is 0.421. The lowest BCUT2D eigenvalue weighted by molar-refractivity contribution is 0.0618. The summed E-state index contributed by atoms with van der Waals surface area (Å²) in [6.45, 7) is 2.26. The van der Waals surface area contributed by atoms with Crippen LogP contribution in [-0.4, -0.2) is 32.8 Å². The van der Waals surface area contributed by atoms with Crippen LogP contribution in [-0.2, 0) is 9.47 Å². The summed E-state index contributed by atoms with van der Waals surface area (Å²) in [4.78, 5) is 0. The molecule has 0 aromatic heterocycles. The largest absolute Gasteiger partial charge is 0.382 e. The Kier molecular flexibility index (Phi) is 7.42. The van der Waals surface area contributed by atoms with Gasteiger partial charge in [0.2, 0.25) is 0 Å². The molecule has 1 aliphatic carbocycles. The van der Waals surface area contributed by atoms with E-state index in [0.29, 0.717) is 18.6 Å². The first-order valence-corrected chi connectivity index (χ1v) is 6.99. The molecular weight excluding hydrogens is 224 g/mol. The second-order valence-corrected chi connectivity index (χ2v) is 5.17. The van der Waals surface area contributed by atoms with E-state index in [0.717, 1.165) is 18.9 Å². The third-order valence-corrected chi connectivity index (χ3v) is 4.19. The van der Waals surface area contributed by atoms with Crippen LogP contribution in [0, 0.1) is 5.41 Å². The Balaban J connectivity index is 2.08. The molecule has 0 atom stereocenters. The van der Waals surface area contributed by atoms with Gasteiger partial charge in [-0.3, -0.25) is 0 Å². The lowest BCUT2D eigenvalue weighted by Crippen LogP contribution is -2.26. The summed E-state index contributed by atoms with van der Waals surface area (Å²) in [5, 5.41) is 0. The molecule has 1 aliphatic rings. The van der Waals surface area contributed by atoms with E-state index in [1.165, 1.54) is 38.5 Å². The van der Waals surface area contributed by atoms with Crippen LogP contribution in [0.1, 0.15) is 44.9 Å². The molecule has 3 heteroatoms. The highest BCUT2D eigenvalue weighted by Crippen LogP contribution is 2.41. The lowest BCUT2D eigenvalue weighted by Gasteiger charge is -2.35. The normalized spacial score (nSPS) is 19.9. The average Bonchev–Trinajstić information content (AvgIpc) is 2.35. The molecular formula is C13H25ClO2. The fourth-order valence-electron chi connectivity index (χ4n) is 2.55. The number of ether oxygens (including phenoxy) is 2. The highest BCUT2D eigenvalue weighted by atomic mass is 35.5. The van der Waals surface area contributed by atoms with Gasteiger partial charge in [-0.15, -0.1) is 11.6 Å². The molecule has 0 unspecified atom stereocenters. The Labute approximate surface area is 105 Å². The van der Waals surface area contributed by atoms with Crippen molar-refractivity contribution in [2.75, 3.05) is 32.8 Å². The van der Waals surface area contributed by atoms with Crippen molar-refractivity contribution in [3.8, 4) is 0 Å². The maximum atomic E-state index is 6.14. The minimum atomic E-state index is 0.421. The molecule has 1 saturated carbocycles. The zero-order chi connectivity index (χ0) is 11.7. The highest BCUT2D eigenvalue weighted by molar-refractivity contribution is 6.18. The first-order chi connectivity index (χ1) is 7.83. The van der Waals surface area contributed by atoms with Crippen LogP contribution in [0.15, 0.2) is 0 Å². The van der Waals surface area contributed by atoms with Crippen LogP contribution < -0.4 is 0 Å². The number of halogens is 1. The van der Waals surface area contributed by atoms with Crippen LogP contribution in [0.2, 0.25) is 0 Å². The van der Waals surface area contributed by atoms with E-state index in [-0.39, 0.29) is 0 Å². The van der Waals surface area contributed by atoms with Crippen LogP contribution in [0.3, 0.4) is 0 Å². The van der Waals surface area contributed by atoms with E-state index in [9.17, 15) is 0 Å². The predicted octanol–water partition coefficient (Wildman–Crippen LogP) is 3.62. The number of methoxy groups -OCH3 is 1. The monoisotopic (exact) mass is 248 g/mol. The highest BCUT2D eigenvalue weighted by Gasteiger charge is 2.30. The molecule has 2 nitrogen and oxygen atoms in total. The van der Waals surface area contributed by atoms with Gasteiger partial charge in [0.05, 0.1) is 13.2 Å². The molecule has 0 saturated heterocycles. The summed E-state index contributed by atoms with van der Waals surface area (Å²) in [5.74, 6) is 0.824. The van der Waals surface area contributed by atoms with Crippen LogP contribution in [0.25, 0.3) is 0 Å². The van der Waals surface area contributed by atoms with E-state index in [1.807, 2.05) is 0 Å². The maximum absolute atomic E-state index is 6.14. The predicted molar refractivity (Wildman–Crippen MR) is 68.2 cm³/mol. The van der Waals surface area contributed by atoms with Crippen LogP contribution in [0.4, 0.5) is 0 Å². The molecule has 96 valence electrons. The van der Waals surface area contributed by atoms with Gasteiger partial charge in [-0.25, -0.2) is 0 Å². The van der Waals surface area contributed by atoms with Gasteiger partial charge in [0.15, 0.2) is 0 Å². The van der Waals surface area contributed by atoms with Gasteiger partial charge in [-0.1, -0.05) is 19.3 Å². The zero-order valence-electron chi connectivity index (χ0n) is 10.5. The molecule has 0 aromatic rings. The fourth-order valence-corrected chi connectivity index (χ4v) is 2.95. The summed E-state index contributed by atoms with van der Waals surface area (Å²) in [7, 11) is 1.70. The van der Waals surface area contributed by atoms with Gasteiger partial charge < -0.3 is 9.47 Å². The average molecular weight is 249 g/mol. The molecule has 0 heterocycles. The molecule has 1 rings (SSSR count). The number of hydrogen-bond donors (Lipinski definition) is 0. The first kappa shape index (κ1) is 14.3. The first-order valence-electron chi connectivity index (χ1n) is 6.46. The van der Waals surface area contributed by atoms with Gasteiger partial charge in [-0.05, 0) is 31.1 Å². The van der Waals surface area contributed by atoms with Crippen molar-refractivity contribution < 1.29 is 9.47 Å². The van der Waals surface area contributed by atoms with Crippen molar-refractivity contribution in [3.05, 3.63) is 0 Å². The maximum Gasteiger partial charge on any atom is 0.0700 e. The summed E-state index contributed by atoms with van der Waals surface area (Å²) in [5.41, 5.74) is 0.421. The standard InChI is InChI=1S/C13H25ClO2/c1-15-10-11-16-9-5-8-13(12-14)6-3-2-4-7-13/h2-12H2,1H3. The quantitative estimate of drug-likeness (QED) is 0.483. The second-order valence-electron chi connectivity index (χ2n) is 4.90. The molecule has 0 aromatic carbocycles. The number of alkyl halides is 1. The van der Waals surface area contributed by atoms with Gasteiger partial charge >= 0.3 is 0 Å². The summed E-state index contributed by atoms with van der Waals surface area (Å²) in [6, 6.07) is 0. The molecule has 1 fully saturated rings. The Bertz CT molecular complexity index is 167. The Morgan fingerprint density at radius 3 is 2.44 bits per heavy atom. The van der Waals surface area contributed by atoms with E-state index in [2.05, 4.69) is 0 Å². The van der Waals surface area contributed by atoms with Crippen molar-refractivity contribution in [2.45, 2.75) is 44.9 Å². The summed E-state index contributed by atoms with van der Waals surface area (Å²) in [6.07, 6.45) is 9.10. The third kappa shape index (κ3) is 5.03. The fraction of sp³-hybridized carbons (Fsp3) is 1.00. The molecule has 0 bridgehead atoms. The lowest BCUT2D eigenvalue weighted by atomic mass is 9.73. The topological polar surface area (TPSA) is 18.5 Å². The SMILES string of the molecule is COCCOCCCC1(CCl)CCCCC1. The van der Waals surface area contributed by atoms with Crippen molar-refractivity contribution in [1.29, 1.82) is 0 Å². The number of hydrogen-bond acceptors (Lipinski definition) is 2. The molecule has 0 aliphatic heterocycles. The van der Waals surface area contributed by atoms with Gasteiger partial charge in [0, 0.05) is 19.6 Å². The third-order valence-electron chi connectivity index (χ3n) is 3.63. The summed E-state index contributed by atoms with van der Waals surface area (Å²) >= 11 is 6.14. The van der Waals surface area contributed by atoms with E-state index >= 15 is 0 Å². The summed E-state index contributed by atoms with van der Waals surface area (Å²) < 4.78 is 10.4. The molecule has 0 radical (unpaired) electrons. The Hall–Kier alpha value is 0.210. The smallest absolute Gasteiger partial charge is 0.0700 e. The van der Waals surface area contributed by atoms with Gasteiger partial charge in [0.25, 0.3) is 0 Å². The molecule has 0 amide bonds. The minimum Gasteiger partial charge on any atom is -0.382 e. The van der Waals surface area contributed by atoms with E-state index in [1.54, 1.807) is 7.11 Å². The zero-order valence-corrected chi connectivity index (χ0v) is 11.2. The van der Waals surface area contributed by atoms with Crippen molar-refractivity contribution in [1.82, 2.24) is 0 Å². The number of rotatable bonds is 8. The van der Waals surface area contributed by atoms with Crippen molar-refractivity contribution >= 4 is 11.6 Å². The van der Waals surface area contributed by atoms with Gasteiger partial charge in [-0.2, -0.15) is 0 Å². The van der Waals surface area contributed by atoms with Crippen molar-refractivity contribution in [3.63, 3.8) is 0 Å². The molecule has 0 spiro atoms. The molecule has 0 N–H and O–H groups in total.